The number of aryl methyl sites for hydroxylation is 2. The van der Waals surface area contributed by atoms with Crippen LogP contribution in [0.25, 0.3) is 64.0 Å². The van der Waals surface area contributed by atoms with E-state index < -0.39 is 0 Å². The summed E-state index contributed by atoms with van der Waals surface area (Å²) in [7, 11) is 0. The molecule has 0 saturated carbocycles. The topological polar surface area (TPSA) is 34.1 Å². The number of hydrogen-bond acceptors (Lipinski definition) is 4. The van der Waals surface area contributed by atoms with E-state index in [1.54, 1.807) is 22.7 Å². The lowest BCUT2D eigenvalue weighted by Crippen LogP contribution is -2.00. The molecule has 7 rings (SSSR count). The molecule has 0 amide bonds. The van der Waals surface area contributed by atoms with Gasteiger partial charge >= 0.3 is 0 Å². The highest BCUT2D eigenvalue weighted by molar-refractivity contribution is 7.13. The summed E-state index contributed by atoms with van der Waals surface area (Å²) in [5.74, 6) is 0. The van der Waals surface area contributed by atoms with Crippen molar-refractivity contribution >= 4 is 65.8 Å². The minimum Gasteiger partial charge on any atom is -0.289 e. The Morgan fingerprint density at radius 2 is 0.971 bits per heavy atom. The number of fused-ring (bicyclic) bond motifs is 6. The van der Waals surface area contributed by atoms with E-state index in [1.165, 1.54) is 0 Å². The summed E-state index contributed by atoms with van der Waals surface area (Å²) in [5, 5.41) is 10.8. The second-order valence-electron chi connectivity index (χ2n) is 8.88. The molecule has 0 aliphatic carbocycles. The van der Waals surface area contributed by atoms with Crippen LogP contribution in [0.3, 0.4) is 0 Å². The van der Waals surface area contributed by atoms with Gasteiger partial charge in [0.15, 0.2) is 10.9 Å². The Bertz CT molecular complexity index is 1850. The zero-order chi connectivity index (χ0) is 23.1. The molecule has 0 fully saturated rings. The number of thiophene rings is 2. The average molecular weight is 475 g/mol. The van der Waals surface area contributed by atoms with Crippen molar-refractivity contribution in [1.82, 2.24) is 0 Å². The normalized spacial score (nSPS) is 12.1. The van der Waals surface area contributed by atoms with Gasteiger partial charge in [0.05, 0.1) is 0 Å². The molecule has 0 atom stereocenters. The molecule has 0 N–H and O–H groups in total. The van der Waals surface area contributed by atoms with Crippen LogP contribution >= 0.6 is 22.7 Å². The van der Waals surface area contributed by atoms with Crippen LogP contribution in [0.1, 0.15) is 11.1 Å². The van der Waals surface area contributed by atoms with Crippen molar-refractivity contribution in [2.45, 2.75) is 13.8 Å². The SMILES string of the molecule is Cc1c2c(=O)c3cc(-c4cccs4)ccc3c2c(C)c2c(=O)c3cc(-c4cccs4)ccc3c12. The van der Waals surface area contributed by atoms with Crippen LogP contribution in [-0.4, -0.2) is 0 Å². The van der Waals surface area contributed by atoms with Crippen LogP contribution in [0.15, 0.2) is 81.0 Å². The predicted molar refractivity (Wildman–Crippen MR) is 147 cm³/mol. The molecular weight excluding hydrogens is 456 g/mol. The average Bonchev–Trinajstić information content (AvgIpc) is 3.64. The maximum atomic E-state index is 13.7. The first kappa shape index (κ1) is 19.8. The monoisotopic (exact) mass is 474 g/mol. The minimum absolute atomic E-state index is 0.0583. The molecule has 2 heterocycles. The lowest BCUT2D eigenvalue weighted by molar-refractivity contribution is 1.55. The molecule has 5 aromatic carbocycles. The van der Waals surface area contributed by atoms with Crippen molar-refractivity contribution in [2.24, 2.45) is 0 Å². The zero-order valence-electron chi connectivity index (χ0n) is 18.6. The fourth-order valence-electron chi connectivity index (χ4n) is 5.60. The van der Waals surface area contributed by atoms with Gasteiger partial charge < -0.3 is 0 Å². The van der Waals surface area contributed by atoms with Crippen LogP contribution in [0.2, 0.25) is 0 Å². The van der Waals surface area contributed by atoms with Gasteiger partial charge in [0, 0.05) is 31.3 Å². The largest absolute Gasteiger partial charge is 0.289 e. The Balaban J connectivity index is 1.61. The van der Waals surface area contributed by atoms with Crippen LogP contribution in [0, 0.1) is 13.8 Å². The molecule has 0 radical (unpaired) electrons. The van der Waals surface area contributed by atoms with Crippen LogP contribution in [0.5, 0.6) is 0 Å². The Morgan fingerprint density at radius 1 is 0.529 bits per heavy atom. The van der Waals surface area contributed by atoms with E-state index in [2.05, 4.69) is 36.4 Å². The first-order chi connectivity index (χ1) is 16.5. The smallest absolute Gasteiger partial charge is 0.194 e. The lowest BCUT2D eigenvalue weighted by atomic mass is 9.96. The van der Waals surface area contributed by atoms with E-state index in [0.29, 0.717) is 0 Å². The molecular formula is C30H18O2S2. The van der Waals surface area contributed by atoms with Crippen molar-refractivity contribution in [3.05, 3.63) is 103 Å². The predicted octanol–water partition coefficient (Wildman–Crippen LogP) is 7.97. The molecule has 4 heteroatoms. The molecule has 7 aromatic rings. The van der Waals surface area contributed by atoms with E-state index in [1.807, 2.05) is 48.9 Å². The molecule has 0 bridgehead atoms. The number of rotatable bonds is 2. The van der Waals surface area contributed by atoms with Crippen molar-refractivity contribution < 1.29 is 0 Å². The fourth-order valence-corrected chi connectivity index (χ4v) is 7.05. The van der Waals surface area contributed by atoms with E-state index in [4.69, 9.17) is 0 Å². The quantitative estimate of drug-likeness (QED) is 0.255. The van der Waals surface area contributed by atoms with Gasteiger partial charge in [0.2, 0.25) is 0 Å². The second kappa shape index (κ2) is 6.95. The number of benzene rings is 3. The molecule has 2 nitrogen and oxygen atoms in total. The standard InChI is InChI=1S/C30H18O2S2/c1-15-25-19-9-7-17(23-5-3-11-33-23)13-21(19)30(32)28(25)16(2)26-20-10-8-18(24-6-4-12-34-24)14-22(20)29(31)27(15)26/h3-14H,1-2H3. The first-order valence-corrected chi connectivity index (χ1v) is 12.9. The molecule has 0 aliphatic rings. The van der Waals surface area contributed by atoms with Gasteiger partial charge in [-0.1, -0.05) is 36.4 Å². The van der Waals surface area contributed by atoms with Gasteiger partial charge in [-0.15, -0.1) is 22.7 Å². The van der Waals surface area contributed by atoms with E-state index >= 15 is 0 Å². The highest BCUT2D eigenvalue weighted by Gasteiger charge is 2.23. The Kier molecular flexibility index (Phi) is 4.06. The summed E-state index contributed by atoms with van der Waals surface area (Å²) < 4.78 is 0. The van der Waals surface area contributed by atoms with Crippen LogP contribution in [-0.2, 0) is 0 Å². The van der Waals surface area contributed by atoms with Crippen molar-refractivity contribution in [3.8, 4) is 20.9 Å². The molecule has 34 heavy (non-hydrogen) atoms. The van der Waals surface area contributed by atoms with Crippen LogP contribution in [0.4, 0.5) is 0 Å². The summed E-state index contributed by atoms with van der Waals surface area (Å²) in [4.78, 5) is 29.7. The van der Waals surface area contributed by atoms with Gasteiger partial charge in [-0.2, -0.15) is 0 Å². The fraction of sp³-hybridized carbons (Fsp3) is 0.0667. The van der Waals surface area contributed by atoms with Gasteiger partial charge in [-0.25, -0.2) is 0 Å². The van der Waals surface area contributed by atoms with Gasteiger partial charge in [-0.05, 0) is 92.7 Å². The number of hydrogen-bond donors (Lipinski definition) is 0. The van der Waals surface area contributed by atoms with Gasteiger partial charge in [0.25, 0.3) is 0 Å². The third kappa shape index (κ3) is 2.50. The summed E-state index contributed by atoms with van der Waals surface area (Å²) in [5.41, 5.74) is 4.04. The van der Waals surface area contributed by atoms with Gasteiger partial charge in [-0.3, -0.25) is 9.59 Å². The lowest BCUT2D eigenvalue weighted by Gasteiger charge is -2.06. The summed E-state index contributed by atoms with van der Waals surface area (Å²) >= 11 is 3.34. The second-order valence-corrected chi connectivity index (χ2v) is 10.8. The van der Waals surface area contributed by atoms with Crippen molar-refractivity contribution in [1.29, 1.82) is 0 Å². The highest BCUT2D eigenvalue weighted by Crippen LogP contribution is 2.40. The molecule has 2 aromatic heterocycles. The molecule has 0 unspecified atom stereocenters. The maximum Gasteiger partial charge on any atom is 0.194 e. The zero-order valence-corrected chi connectivity index (χ0v) is 20.2. The Hall–Kier alpha value is -3.60. The Labute approximate surface area is 203 Å². The third-order valence-corrected chi connectivity index (χ3v) is 8.97. The molecule has 0 aliphatic heterocycles. The first-order valence-electron chi connectivity index (χ1n) is 11.2. The molecule has 0 saturated heterocycles. The van der Waals surface area contributed by atoms with Crippen molar-refractivity contribution in [3.63, 3.8) is 0 Å². The summed E-state index contributed by atoms with van der Waals surface area (Å²) in [6.45, 7) is 3.99. The maximum absolute atomic E-state index is 13.7. The van der Waals surface area contributed by atoms with E-state index in [9.17, 15) is 9.59 Å². The summed E-state index contributed by atoms with van der Waals surface area (Å²) in [6.07, 6.45) is 0. The minimum atomic E-state index is 0.0583. The molecule has 0 spiro atoms. The Morgan fingerprint density at radius 3 is 1.35 bits per heavy atom. The third-order valence-electron chi connectivity index (χ3n) is 7.13. The summed E-state index contributed by atoms with van der Waals surface area (Å²) in [6, 6.07) is 20.5. The van der Waals surface area contributed by atoms with Crippen LogP contribution < -0.4 is 10.9 Å². The van der Waals surface area contributed by atoms with Gasteiger partial charge in [0.1, 0.15) is 0 Å². The van der Waals surface area contributed by atoms with E-state index in [0.717, 1.165) is 75.1 Å². The highest BCUT2D eigenvalue weighted by atomic mass is 32.1. The van der Waals surface area contributed by atoms with E-state index in [-0.39, 0.29) is 10.9 Å². The molecule has 162 valence electrons. The van der Waals surface area contributed by atoms with Crippen molar-refractivity contribution in [2.75, 3.05) is 0 Å².